The highest BCUT2D eigenvalue weighted by Crippen LogP contribution is 2.31. The zero-order chi connectivity index (χ0) is 59.6. The quantitative estimate of drug-likeness (QED) is 0.0695. The lowest BCUT2D eigenvalue weighted by atomic mass is 10.1. The first-order valence-electron chi connectivity index (χ1n) is 25.4. The van der Waals surface area contributed by atoms with Gasteiger partial charge in [0.25, 0.3) is 11.8 Å². The maximum atomic E-state index is 12.8. The lowest BCUT2D eigenvalue weighted by Crippen LogP contribution is -2.25. The second kappa shape index (κ2) is 27.8. The summed E-state index contributed by atoms with van der Waals surface area (Å²) in [7, 11) is 1.87. The van der Waals surface area contributed by atoms with Gasteiger partial charge in [-0.1, -0.05) is 98.8 Å². The molecule has 0 aliphatic carbocycles. The van der Waals surface area contributed by atoms with Gasteiger partial charge in [-0.05, 0) is 73.5 Å². The number of nitriles is 1. The van der Waals surface area contributed by atoms with Crippen molar-refractivity contribution in [1.29, 1.82) is 5.26 Å². The van der Waals surface area contributed by atoms with Gasteiger partial charge in [-0.3, -0.25) is 24.4 Å². The number of hydrogen-bond acceptors (Lipinski definition) is 19. The summed E-state index contributed by atoms with van der Waals surface area (Å²) in [6, 6.07) is 35.5. The number of aryl methyl sites for hydroxylation is 2. The summed E-state index contributed by atoms with van der Waals surface area (Å²) in [5.41, 5.74) is 23.7. The molecule has 0 saturated carbocycles. The molecule has 5 aromatic carbocycles. The van der Waals surface area contributed by atoms with E-state index in [0.717, 1.165) is 73.4 Å². The number of benzene rings is 5. The second-order valence-corrected chi connectivity index (χ2v) is 17.5. The van der Waals surface area contributed by atoms with Crippen LogP contribution in [0.1, 0.15) is 79.0 Å². The molecule has 9 N–H and O–H groups in total. The molecule has 0 fully saturated rings. The number of rotatable bonds is 10. The van der Waals surface area contributed by atoms with E-state index in [9.17, 15) is 32.8 Å². The number of nitrogens with one attached hydrogen (secondary N) is 3. The molecule has 0 aliphatic rings. The summed E-state index contributed by atoms with van der Waals surface area (Å²) in [5, 5.41) is 21.0. The van der Waals surface area contributed by atoms with E-state index in [-0.39, 0.29) is 53.2 Å². The number of fused-ring (bicyclic) bond motifs is 5. The van der Waals surface area contributed by atoms with Crippen molar-refractivity contribution in [3.05, 3.63) is 191 Å². The third-order valence-electron chi connectivity index (χ3n) is 11.8. The van der Waals surface area contributed by atoms with Crippen molar-refractivity contribution in [3.63, 3.8) is 0 Å². The molecule has 24 heteroatoms. The minimum absolute atomic E-state index is 0.0531. The Labute approximate surface area is 472 Å². The largest absolute Gasteiger partial charge is 0.573 e. The molecular weight excluding hydrogens is 1070 g/mol. The molecule has 6 aromatic heterocycles. The first-order chi connectivity index (χ1) is 40.0. The number of halogens is 3. The molecule has 0 bridgehead atoms. The number of carbonyl (C=O) groups excluding carboxylic acids is 3. The summed E-state index contributed by atoms with van der Waals surface area (Å²) in [6.45, 7) is 9.07. The number of aromatic nitrogens is 10. The van der Waals surface area contributed by atoms with Crippen LogP contribution >= 0.6 is 0 Å². The van der Waals surface area contributed by atoms with E-state index >= 15 is 0 Å². The Hall–Kier alpha value is -10.9. The molecule has 6 heterocycles. The van der Waals surface area contributed by atoms with Crippen molar-refractivity contribution in [2.75, 3.05) is 24.2 Å². The van der Waals surface area contributed by atoms with E-state index < -0.39 is 23.9 Å². The average molecular weight is 1120 g/mol. The molecule has 420 valence electrons. The van der Waals surface area contributed by atoms with Crippen molar-refractivity contribution >= 4 is 90.5 Å². The van der Waals surface area contributed by atoms with Crippen LogP contribution in [0.5, 0.6) is 5.75 Å². The average Bonchev–Trinajstić information content (AvgIpc) is 3.65. The van der Waals surface area contributed by atoms with Crippen LogP contribution in [-0.4, -0.2) is 81.4 Å². The Morgan fingerprint density at radius 2 is 1.13 bits per heavy atom. The van der Waals surface area contributed by atoms with Gasteiger partial charge in [0.15, 0.2) is 12.0 Å². The molecule has 0 spiro atoms. The highest BCUT2D eigenvalue weighted by atomic mass is 19.4. The maximum Gasteiger partial charge on any atom is 0.573 e. The third-order valence-corrected chi connectivity index (χ3v) is 11.8. The van der Waals surface area contributed by atoms with Crippen LogP contribution in [0.15, 0.2) is 140 Å². The fourth-order valence-corrected chi connectivity index (χ4v) is 8.27. The number of hydrogen-bond donors (Lipinski definition) is 6. The number of alkyl halides is 3. The van der Waals surface area contributed by atoms with Crippen LogP contribution in [0.4, 0.5) is 31.0 Å². The summed E-state index contributed by atoms with van der Waals surface area (Å²) in [6.07, 6.45) is 2.70. The van der Waals surface area contributed by atoms with Gasteiger partial charge >= 0.3 is 6.36 Å². The second-order valence-electron chi connectivity index (χ2n) is 17.5. The van der Waals surface area contributed by atoms with Gasteiger partial charge in [0, 0.05) is 64.8 Å². The van der Waals surface area contributed by atoms with Gasteiger partial charge in [-0.25, -0.2) is 39.9 Å². The number of amides is 2. The van der Waals surface area contributed by atoms with Crippen molar-refractivity contribution in [3.8, 4) is 11.8 Å². The van der Waals surface area contributed by atoms with Gasteiger partial charge in [-0.15, -0.1) is 13.2 Å². The van der Waals surface area contributed by atoms with Crippen LogP contribution in [0.2, 0.25) is 0 Å². The summed E-state index contributed by atoms with van der Waals surface area (Å²) in [4.78, 5) is 77.0. The van der Waals surface area contributed by atoms with Gasteiger partial charge in [0.2, 0.25) is 17.8 Å². The first-order valence-corrected chi connectivity index (χ1v) is 25.4. The summed E-state index contributed by atoms with van der Waals surface area (Å²) in [5.74, 6) is -1.01. The van der Waals surface area contributed by atoms with Gasteiger partial charge in [0.1, 0.15) is 34.5 Å². The van der Waals surface area contributed by atoms with E-state index in [1.165, 1.54) is 12.1 Å². The SMILES string of the molecule is CC.CNCc1ncccn1.Cc1cccc2c(C=O)nc(N)nc12.Cc1cnc2c(CNC(=O)c3nc(N)nc4c(C#N)cccc34)cccc2c1.Nc1nc(C(=O)NCc2cccc3cccnc23)c2cccc(OC(F)(F)F)c2n1. The van der Waals surface area contributed by atoms with Crippen molar-refractivity contribution in [2.24, 2.45) is 0 Å². The van der Waals surface area contributed by atoms with Gasteiger partial charge in [0.05, 0.1) is 34.2 Å². The predicted octanol–water partition coefficient (Wildman–Crippen LogP) is 9.01. The number of ether oxygens (including phenoxy) is 1. The van der Waals surface area contributed by atoms with Gasteiger partial charge in [-0.2, -0.15) is 5.26 Å². The topological polar surface area (TPSA) is 327 Å². The number of pyridine rings is 2. The number of nitrogens with two attached hydrogens (primary N) is 3. The minimum Gasteiger partial charge on any atom is -0.403 e. The maximum absolute atomic E-state index is 12.8. The molecule has 0 radical (unpaired) electrons. The molecule has 83 heavy (non-hydrogen) atoms. The lowest BCUT2D eigenvalue weighted by molar-refractivity contribution is -0.274. The highest BCUT2D eigenvalue weighted by Gasteiger charge is 2.32. The summed E-state index contributed by atoms with van der Waals surface area (Å²) >= 11 is 0. The normalized spacial score (nSPS) is 10.6. The first kappa shape index (κ1) is 59.7. The number of nitrogens with zero attached hydrogens (tertiary/aromatic N) is 11. The van der Waals surface area contributed by atoms with E-state index in [0.29, 0.717) is 28.4 Å². The van der Waals surface area contributed by atoms with Crippen molar-refractivity contribution < 1.29 is 32.3 Å². The Kier molecular flexibility index (Phi) is 20.0. The Bertz CT molecular complexity index is 4160. The number of aldehydes is 1. The van der Waals surface area contributed by atoms with E-state index in [4.69, 9.17) is 17.2 Å². The van der Waals surface area contributed by atoms with Crippen molar-refractivity contribution in [1.82, 2.24) is 65.8 Å². The molecule has 0 aliphatic heterocycles. The monoisotopic (exact) mass is 1120 g/mol. The number of carbonyl (C=O) groups is 3. The van der Waals surface area contributed by atoms with E-state index in [1.54, 1.807) is 55.1 Å². The lowest BCUT2D eigenvalue weighted by Gasteiger charge is -2.13. The van der Waals surface area contributed by atoms with Gasteiger partial charge < -0.3 is 37.9 Å². The van der Waals surface area contributed by atoms with E-state index in [1.807, 2.05) is 95.4 Å². The highest BCUT2D eigenvalue weighted by molar-refractivity contribution is 6.07. The fraction of sp³-hybridized carbons (Fsp3) is 0.153. The van der Waals surface area contributed by atoms with Crippen LogP contribution < -0.4 is 37.9 Å². The minimum atomic E-state index is -4.92. The standard InChI is InChI=1S/C21H16N6O.C20H14F3N5O2.C10H9N3O.C6H9N3.C2H6/c1-12-8-13-4-2-6-15(17(13)24-10-12)11-25-20(28)19-16-7-3-5-14(9-22)18(16)26-21(23)27-19;21-20(22,23)30-14-8-2-7-13-16(14)27-19(24)28-17(13)18(29)26-10-12-5-1-4-11-6-3-9-25-15(11)12;1-6-3-2-4-7-8(5-14)12-10(11)13-9(6)7;1-7-5-6-8-3-2-4-9-6;1-2/h2-8,10H,11H2,1H3,(H,25,28)(H2,23,26,27);1-9H,10H2,(H,26,29)(H2,24,27,28);2-5H,1H3,(H2,11,12,13);2-4,7H,5H2,1H3;1-2H3. The van der Waals surface area contributed by atoms with Crippen LogP contribution in [-0.2, 0) is 19.6 Å². The molecule has 11 rings (SSSR count). The molecule has 0 unspecified atom stereocenters. The Balaban J connectivity index is 0.000000171. The molecule has 11 aromatic rings. The third kappa shape index (κ3) is 15.3. The molecule has 0 saturated heterocycles. The molecule has 2 amide bonds. The Morgan fingerprint density at radius 1 is 0.602 bits per heavy atom. The smallest absolute Gasteiger partial charge is 0.403 e. The van der Waals surface area contributed by atoms with Crippen LogP contribution in [0, 0.1) is 25.2 Å². The number of para-hydroxylation sites is 5. The fourth-order valence-electron chi connectivity index (χ4n) is 8.27. The van der Waals surface area contributed by atoms with Crippen LogP contribution in [0.25, 0.3) is 54.5 Å². The zero-order valence-corrected chi connectivity index (χ0v) is 45.4. The number of nitrogen functional groups attached to an aromatic ring is 3. The zero-order valence-electron chi connectivity index (χ0n) is 45.4. The molecule has 21 nitrogen and oxygen atoms in total. The number of anilines is 3. The van der Waals surface area contributed by atoms with E-state index in [2.05, 4.69) is 82.7 Å². The molecular formula is C59H54F3N17O4. The Morgan fingerprint density at radius 3 is 1.76 bits per heavy atom. The molecule has 0 atom stereocenters. The summed E-state index contributed by atoms with van der Waals surface area (Å²) < 4.78 is 42.0. The predicted molar refractivity (Wildman–Crippen MR) is 310 cm³/mol. The van der Waals surface area contributed by atoms with Crippen LogP contribution in [0.3, 0.4) is 0 Å². The van der Waals surface area contributed by atoms with Crippen molar-refractivity contribution in [2.45, 2.75) is 53.7 Å².